The number of nitrogens with one attached hydrogen (secondary N) is 1. The van der Waals surface area contributed by atoms with Crippen LogP contribution in [0.5, 0.6) is 0 Å². The summed E-state index contributed by atoms with van der Waals surface area (Å²) in [6, 6.07) is 9.15. The van der Waals surface area contributed by atoms with E-state index in [-0.39, 0.29) is 17.7 Å². The van der Waals surface area contributed by atoms with Gasteiger partial charge in [-0.25, -0.2) is 9.37 Å². The number of rotatable bonds is 7. The lowest BCUT2D eigenvalue weighted by Crippen LogP contribution is -2.43. The van der Waals surface area contributed by atoms with Crippen LogP contribution in [0.2, 0.25) is 0 Å². The van der Waals surface area contributed by atoms with Gasteiger partial charge >= 0.3 is 0 Å². The molecule has 2 N–H and O–H groups in total. The number of nitrogens with zero attached hydrogens (tertiary/aromatic N) is 4. The minimum atomic E-state index is -0.744. The lowest BCUT2D eigenvalue weighted by atomic mass is 9.99. The van der Waals surface area contributed by atoms with Crippen LogP contribution >= 0.6 is 0 Å². The highest BCUT2D eigenvalue weighted by Gasteiger charge is 2.24. The molecule has 2 aromatic rings. The molecule has 1 aliphatic heterocycles. The van der Waals surface area contributed by atoms with Gasteiger partial charge in [-0.1, -0.05) is 30.8 Å². The Morgan fingerprint density at radius 2 is 2.00 bits per heavy atom. The molecule has 7 nitrogen and oxygen atoms in total. The van der Waals surface area contributed by atoms with Crippen LogP contribution in [0.1, 0.15) is 31.0 Å². The van der Waals surface area contributed by atoms with Crippen LogP contribution in [-0.2, 0) is 6.61 Å². The van der Waals surface area contributed by atoms with Crippen molar-refractivity contribution in [1.29, 1.82) is 5.26 Å². The lowest BCUT2D eigenvalue weighted by molar-refractivity contribution is 0.249. The highest BCUT2D eigenvalue weighted by atomic mass is 19.1. The number of aromatic nitrogens is 2. The number of allylic oxidation sites excluding steroid dienone is 5. The van der Waals surface area contributed by atoms with E-state index in [1.54, 1.807) is 37.3 Å². The molecule has 0 aliphatic carbocycles. The summed E-state index contributed by atoms with van der Waals surface area (Å²) in [6.45, 7) is 6.49. The maximum Gasteiger partial charge on any atom is 0.260 e. The van der Waals surface area contributed by atoms with Crippen molar-refractivity contribution in [2.45, 2.75) is 32.4 Å². The zero-order valence-corrected chi connectivity index (χ0v) is 19.8. The van der Waals surface area contributed by atoms with Gasteiger partial charge in [0.05, 0.1) is 23.4 Å². The van der Waals surface area contributed by atoms with Crippen LogP contribution < -0.4 is 10.5 Å². The second-order valence-electron chi connectivity index (χ2n) is 8.55. The summed E-state index contributed by atoms with van der Waals surface area (Å²) < 4.78 is 14.7. The van der Waals surface area contributed by atoms with Gasteiger partial charge in [-0.2, -0.15) is 5.26 Å². The Hall–Kier alpha value is -3.54. The van der Waals surface area contributed by atoms with Gasteiger partial charge in [-0.05, 0) is 62.7 Å². The number of hydrogen-bond acceptors (Lipinski definition) is 6. The van der Waals surface area contributed by atoms with E-state index in [4.69, 9.17) is 10.2 Å². The second-order valence-corrected chi connectivity index (χ2v) is 8.55. The molecule has 8 heteroatoms. The second kappa shape index (κ2) is 11.1. The Labute approximate surface area is 199 Å². The average Bonchev–Trinajstić information content (AvgIpc) is 2.84. The number of benzene rings is 1. The number of aliphatic hydroxyl groups is 1. The molecule has 0 saturated carbocycles. The molecule has 2 heterocycles. The first-order chi connectivity index (χ1) is 16.3. The predicted molar refractivity (Wildman–Crippen MR) is 133 cm³/mol. The summed E-state index contributed by atoms with van der Waals surface area (Å²) in [4.78, 5) is 25.2. The molecule has 0 bridgehead atoms. The zero-order chi connectivity index (χ0) is 24.8. The molecule has 0 atom stereocenters. The molecule has 1 aliphatic rings. The van der Waals surface area contributed by atoms with Gasteiger partial charge in [0.2, 0.25) is 5.95 Å². The van der Waals surface area contributed by atoms with Crippen molar-refractivity contribution in [3.8, 4) is 17.2 Å². The molecular formula is C26H30FN5O2. The average molecular weight is 464 g/mol. The van der Waals surface area contributed by atoms with Crippen molar-refractivity contribution in [1.82, 2.24) is 14.9 Å². The van der Waals surface area contributed by atoms with E-state index in [1.165, 1.54) is 6.08 Å². The van der Waals surface area contributed by atoms with Gasteiger partial charge in [0, 0.05) is 19.1 Å². The monoisotopic (exact) mass is 463 g/mol. The molecule has 0 amide bonds. The molecule has 0 spiro atoms. The van der Waals surface area contributed by atoms with E-state index in [1.807, 2.05) is 4.90 Å². The molecule has 1 aromatic heterocycles. The molecule has 178 valence electrons. The summed E-state index contributed by atoms with van der Waals surface area (Å²) >= 11 is 0. The number of anilines is 1. The van der Waals surface area contributed by atoms with Crippen LogP contribution in [0.4, 0.5) is 10.3 Å². The van der Waals surface area contributed by atoms with Crippen LogP contribution in [0.3, 0.4) is 0 Å². The van der Waals surface area contributed by atoms with E-state index in [9.17, 15) is 14.3 Å². The van der Waals surface area contributed by atoms with Gasteiger partial charge in [0.25, 0.3) is 5.56 Å². The Bertz CT molecular complexity index is 1200. The highest BCUT2D eigenvalue weighted by molar-refractivity contribution is 5.79. The third-order valence-corrected chi connectivity index (χ3v) is 6.13. The molecule has 0 radical (unpaired) electrons. The minimum absolute atomic E-state index is 0.114. The normalized spacial score (nSPS) is 15.8. The van der Waals surface area contributed by atoms with E-state index < -0.39 is 5.83 Å². The topological polar surface area (TPSA) is 96.3 Å². The van der Waals surface area contributed by atoms with Gasteiger partial charge in [-0.3, -0.25) is 9.78 Å². The Balaban J connectivity index is 2.12. The highest BCUT2D eigenvalue weighted by Crippen LogP contribution is 2.28. The van der Waals surface area contributed by atoms with Crippen molar-refractivity contribution in [3.05, 3.63) is 76.0 Å². The summed E-state index contributed by atoms with van der Waals surface area (Å²) in [6.07, 6.45) is 4.23. The van der Waals surface area contributed by atoms with Gasteiger partial charge < -0.3 is 14.9 Å². The smallest absolute Gasteiger partial charge is 0.260 e. The maximum atomic E-state index is 14.7. The van der Waals surface area contributed by atoms with E-state index >= 15 is 0 Å². The van der Waals surface area contributed by atoms with Crippen LogP contribution in [0.15, 0.2) is 59.2 Å². The summed E-state index contributed by atoms with van der Waals surface area (Å²) in [5, 5.41) is 18.5. The fraction of sp³-hybridized carbons (Fsp3) is 0.346. The third-order valence-electron chi connectivity index (χ3n) is 6.13. The standard InChI is InChI=1S/C26H30FN5O2/c1-5-19(15-28)22(27)14-17(2)24-23(20-8-6-18(16-33)7-9-20)25(34)30-26(29-24)32-12-10-21(11-13-32)31(3)4/h5-9,14,21,33H,1,10-13,16H2,2-4H3,(H,29,30,34)/b17-14+,22-19-. The Kier molecular flexibility index (Phi) is 8.16. The summed E-state index contributed by atoms with van der Waals surface area (Å²) in [5.74, 6) is -0.304. The van der Waals surface area contributed by atoms with Crippen molar-refractivity contribution in [2.24, 2.45) is 0 Å². The first-order valence-electron chi connectivity index (χ1n) is 11.2. The van der Waals surface area contributed by atoms with Gasteiger partial charge in [-0.15, -0.1) is 0 Å². The van der Waals surface area contributed by atoms with Gasteiger partial charge in [0.15, 0.2) is 0 Å². The molecule has 1 fully saturated rings. The number of H-pyrrole nitrogens is 1. The largest absolute Gasteiger partial charge is 0.392 e. The first kappa shape index (κ1) is 25.1. The fourth-order valence-electron chi connectivity index (χ4n) is 4.07. The van der Waals surface area contributed by atoms with E-state index in [2.05, 4.69) is 30.6 Å². The van der Waals surface area contributed by atoms with Crippen LogP contribution in [-0.4, -0.2) is 53.2 Å². The number of piperidine rings is 1. The molecule has 34 heavy (non-hydrogen) atoms. The predicted octanol–water partition coefficient (Wildman–Crippen LogP) is 3.80. The number of nitriles is 1. The first-order valence-corrected chi connectivity index (χ1v) is 11.2. The molecule has 1 aromatic carbocycles. The Morgan fingerprint density at radius 1 is 1.35 bits per heavy atom. The van der Waals surface area contributed by atoms with Gasteiger partial charge in [0.1, 0.15) is 11.9 Å². The molecule has 0 unspecified atom stereocenters. The van der Waals surface area contributed by atoms with E-state index in [0.29, 0.717) is 39.9 Å². The quantitative estimate of drug-likeness (QED) is 0.479. The number of aromatic amines is 1. The Morgan fingerprint density at radius 3 is 2.53 bits per heavy atom. The van der Waals surface area contributed by atoms with Crippen LogP contribution in [0, 0.1) is 11.3 Å². The molecular weight excluding hydrogens is 433 g/mol. The minimum Gasteiger partial charge on any atom is -0.392 e. The van der Waals surface area contributed by atoms with Crippen molar-refractivity contribution in [3.63, 3.8) is 0 Å². The zero-order valence-electron chi connectivity index (χ0n) is 19.8. The maximum absolute atomic E-state index is 14.7. The van der Waals surface area contributed by atoms with Crippen molar-refractivity contribution < 1.29 is 9.50 Å². The third kappa shape index (κ3) is 5.50. The van der Waals surface area contributed by atoms with Crippen molar-refractivity contribution in [2.75, 3.05) is 32.1 Å². The van der Waals surface area contributed by atoms with Crippen molar-refractivity contribution >= 4 is 11.5 Å². The number of hydrogen-bond donors (Lipinski definition) is 2. The van der Waals surface area contributed by atoms with E-state index in [0.717, 1.165) is 32.0 Å². The number of halogens is 1. The van der Waals surface area contributed by atoms with Crippen LogP contribution in [0.25, 0.3) is 16.7 Å². The fourth-order valence-corrected chi connectivity index (χ4v) is 4.07. The lowest BCUT2D eigenvalue weighted by Gasteiger charge is -2.35. The molecule has 1 saturated heterocycles. The molecule has 3 rings (SSSR count). The summed E-state index contributed by atoms with van der Waals surface area (Å²) in [7, 11) is 4.12. The SMILES string of the molecule is C=C/C(C#N)=C(F)\C=C(/C)c1nc(N2CCC(N(C)C)CC2)[nH]c(=O)c1-c1ccc(CO)cc1. The number of aliphatic hydroxyl groups excluding tert-OH is 1. The summed E-state index contributed by atoms with van der Waals surface area (Å²) in [5.41, 5.74) is 1.82.